The zero-order valence-electron chi connectivity index (χ0n) is 21.7. The van der Waals surface area contributed by atoms with Crippen LogP contribution in [0, 0.1) is 0 Å². The molecule has 0 saturated heterocycles. The third-order valence-electron chi connectivity index (χ3n) is 8.21. The second-order valence-electron chi connectivity index (χ2n) is 10.3. The molecule has 0 radical (unpaired) electrons. The van der Waals surface area contributed by atoms with Gasteiger partial charge in [-0.25, -0.2) is 0 Å². The molecular weight excluding hydrogens is 476 g/mol. The molecule has 2 aliphatic rings. The molecule has 1 unspecified atom stereocenters. The van der Waals surface area contributed by atoms with E-state index in [9.17, 15) is 0 Å². The largest absolute Gasteiger partial charge is 0.0946 e. The highest BCUT2D eigenvalue weighted by atomic mass is 32.2. The minimum atomic E-state index is -0.331. The zero-order valence-corrected chi connectivity index (χ0v) is 22.5. The Balaban J connectivity index is 1.52. The molecule has 5 aromatic rings. The minimum Gasteiger partial charge on any atom is -0.0946 e. The molecule has 1 atom stereocenters. The van der Waals surface area contributed by atoms with E-state index in [-0.39, 0.29) is 5.41 Å². The number of benzene rings is 5. The maximum atomic E-state index is 4.62. The molecule has 1 heteroatoms. The minimum absolute atomic E-state index is 0.331. The van der Waals surface area contributed by atoms with Gasteiger partial charge >= 0.3 is 0 Å². The van der Waals surface area contributed by atoms with Crippen molar-refractivity contribution in [3.8, 4) is 33.4 Å². The molecule has 1 heterocycles. The van der Waals surface area contributed by atoms with E-state index in [4.69, 9.17) is 0 Å². The molecule has 7 rings (SSSR count). The first-order valence-corrected chi connectivity index (χ1v) is 14.0. The first-order chi connectivity index (χ1) is 18.6. The lowest BCUT2D eigenvalue weighted by atomic mass is 9.71. The van der Waals surface area contributed by atoms with E-state index in [0.717, 1.165) is 5.57 Å². The van der Waals surface area contributed by atoms with E-state index in [2.05, 4.69) is 135 Å². The van der Waals surface area contributed by atoms with E-state index in [1.54, 1.807) is 0 Å². The van der Waals surface area contributed by atoms with Crippen LogP contribution in [-0.2, 0) is 5.41 Å². The second kappa shape index (κ2) is 8.75. The lowest BCUT2D eigenvalue weighted by molar-refractivity contribution is 0.717. The maximum absolute atomic E-state index is 4.62. The van der Waals surface area contributed by atoms with E-state index in [0.29, 0.717) is 0 Å². The fourth-order valence-electron chi connectivity index (χ4n) is 6.37. The summed E-state index contributed by atoms with van der Waals surface area (Å²) in [5.74, 6) is 0. The Hall–Kier alpha value is -4.07. The molecule has 1 aliphatic carbocycles. The van der Waals surface area contributed by atoms with Crippen molar-refractivity contribution in [3.63, 3.8) is 0 Å². The molecule has 182 valence electrons. The van der Waals surface area contributed by atoms with Gasteiger partial charge < -0.3 is 0 Å². The van der Waals surface area contributed by atoms with Crippen LogP contribution in [0.15, 0.2) is 143 Å². The molecule has 1 aliphatic heterocycles. The fraction of sp³-hybridized carbons (Fsp3) is 0.0811. The summed E-state index contributed by atoms with van der Waals surface area (Å²) in [6.45, 7) is 9.01. The van der Waals surface area contributed by atoms with Crippen LogP contribution in [0.3, 0.4) is 0 Å². The monoisotopic (exact) mass is 504 g/mol. The summed E-state index contributed by atoms with van der Waals surface area (Å²) in [7, 11) is 0. The molecule has 0 amide bonds. The summed E-state index contributed by atoms with van der Waals surface area (Å²) in [5.41, 5.74) is 11.2. The van der Waals surface area contributed by atoms with Crippen molar-refractivity contribution in [1.29, 1.82) is 0 Å². The Morgan fingerprint density at radius 3 is 2.29 bits per heavy atom. The lowest BCUT2D eigenvalue weighted by Crippen LogP contribution is -2.23. The van der Waals surface area contributed by atoms with Crippen molar-refractivity contribution in [2.75, 3.05) is 0 Å². The van der Waals surface area contributed by atoms with Gasteiger partial charge in [0.2, 0.25) is 0 Å². The van der Waals surface area contributed by atoms with Crippen LogP contribution in [0.2, 0.25) is 0 Å². The van der Waals surface area contributed by atoms with Crippen molar-refractivity contribution >= 4 is 22.5 Å². The van der Waals surface area contributed by atoms with Crippen LogP contribution < -0.4 is 0 Å². The molecule has 0 fully saturated rings. The summed E-state index contributed by atoms with van der Waals surface area (Å²) >= 11 is 1.88. The Morgan fingerprint density at radius 1 is 0.711 bits per heavy atom. The molecule has 0 saturated carbocycles. The highest BCUT2D eigenvalue weighted by Crippen LogP contribution is 2.56. The van der Waals surface area contributed by atoms with Gasteiger partial charge in [0.05, 0.1) is 0 Å². The molecule has 5 aromatic carbocycles. The van der Waals surface area contributed by atoms with Gasteiger partial charge in [0.25, 0.3) is 0 Å². The average molecular weight is 505 g/mol. The number of hydrogen-bond donors (Lipinski definition) is 0. The van der Waals surface area contributed by atoms with Gasteiger partial charge in [-0.15, -0.1) is 0 Å². The molecule has 0 spiro atoms. The summed E-state index contributed by atoms with van der Waals surface area (Å²) in [6, 6.07) is 35.9. The van der Waals surface area contributed by atoms with Gasteiger partial charge in [0.1, 0.15) is 0 Å². The van der Waals surface area contributed by atoms with Crippen molar-refractivity contribution in [2.24, 2.45) is 0 Å². The highest BCUT2D eigenvalue weighted by molar-refractivity contribution is 7.99. The quantitative estimate of drug-likeness (QED) is 0.215. The second-order valence-corrected chi connectivity index (χ2v) is 11.4. The number of allylic oxidation sites excluding steroid dienone is 5. The molecule has 0 aromatic heterocycles. The summed E-state index contributed by atoms with van der Waals surface area (Å²) in [5, 5.41) is 2.65. The first-order valence-electron chi connectivity index (χ1n) is 13.2. The van der Waals surface area contributed by atoms with Gasteiger partial charge in [0.15, 0.2) is 0 Å². The van der Waals surface area contributed by atoms with Crippen LogP contribution in [0.1, 0.15) is 25.0 Å². The highest BCUT2D eigenvalue weighted by Gasteiger charge is 2.42. The number of rotatable bonds is 4. The van der Waals surface area contributed by atoms with Crippen LogP contribution >= 0.6 is 11.8 Å². The zero-order chi connectivity index (χ0) is 25.9. The predicted molar refractivity (Wildman–Crippen MR) is 164 cm³/mol. The van der Waals surface area contributed by atoms with Crippen molar-refractivity contribution < 1.29 is 0 Å². The summed E-state index contributed by atoms with van der Waals surface area (Å²) in [4.78, 5) is 2.66. The van der Waals surface area contributed by atoms with E-state index in [1.165, 1.54) is 65.1 Å². The van der Waals surface area contributed by atoms with Gasteiger partial charge in [-0.1, -0.05) is 115 Å². The van der Waals surface area contributed by atoms with Crippen LogP contribution in [0.4, 0.5) is 0 Å². The van der Waals surface area contributed by atoms with E-state index < -0.39 is 0 Å². The topological polar surface area (TPSA) is 0 Å². The number of fused-ring (bicyclic) bond motifs is 5. The Labute approximate surface area is 229 Å². The van der Waals surface area contributed by atoms with E-state index >= 15 is 0 Å². The summed E-state index contributed by atoms with van der Waals surface area (Å²) < 4.78 is 0. The third-order valence-corrected chi connectivity index (χ3v) is 9.35. The van der Waals surface area contributed by atoms with Crippen LogP contribution in [0.5, 0.6) is 0 Å². The molecule has 0 bridgehead atoms. The van der Waals surface area contributed by atoms with Gasteiger partial charge in [-0.05, 0) is 93.6 Å². The average Bonchev–Trinajstić information content (AvgIpc) is 3.23. The normalized spacial score (nSPS) is 17.1. The maximum Gasteiger partial charge on any atom is 0.0435 e. The number of hydrogen-bond acceptors (Lipinski definition) is 1. The Bertz CT molecular complexity index is 1830. The predicted octanol–water partition coefficient (Wildman–Crippen LogP) is 10.6. The fourth-order valence-corrected chi connectivity index (χ4v) is 7.52. The summed E-state index contributed by atoms with van der Waals surface area (Å²) in [6.07, 6.45) is 8.40. The van der Waals surface area contributed by atoms with Crippen LogP contribution in [-0.4, -0.2) is 0 Å². The molecule has 0 nitrogen and oxygen atoms in total. The van der Waals surface area contributed by atoms with Gasteiger partial charge in [0, 0.05) is 20.6 Å². The van der Waals surface area contributed by atoms with Crippen molar-refractivity contribution in [1.82, 2.24) is 0 Å². The van der Waals surface area contributed by atoms with Gasteiger partial charge in [-0.3, -0.25) is 0 Å². The standard InChI is InChI=1S/C37H28S/c1-4-5-6-13-24(2)37(3)32-19-9-7-15-28(32)30-18-12-17-27(36(30)37)26-22-25-14-11-21-34-35(25)31(23-26)29-16-8-10-20-33(29)38-34/h4-23H,2H2,1,3H3/b5-4-,13-6-. The molecule has 0 N–H and O–H groups in total. The Morgan fingerprint density at radius 2 is 1.42 bits per heavy atom. The van der Waals surface area contributed by atoms with E-state index in [1.807, 2.05) is 18.7 Å². The lowest BCUT2D eigenvalue weighted by Gasteiger charge is -2.31. The Kier molecular flexibility index (Phi) is 5.32. The van der Waals surface area contributed by atoms with Crippen molar-refractivity contribution in [2.45, 2.75) is 29.1 Å². The van der Waals surface area contributed by atoms with Crippen molar-refractivity contribution in [3.05, 3.63) is 145 Å². The first kappa shape index (κ1) is 23.1. The molecular formula is C37H28S. The molecule has 38 heavy (non-hydrogen) atoms. The SMILES string of the molecule is C=C(/C=C\C=C/C)C1(C)c2ccccc2-c2cccc(-c3cc4c5c(cccc5c3)Sc3ccccc3-4)c21. The smallest absolute Gasteiger partial charge is 0.0435 e. The van der Waals surface area contributed by atoms with Crippen LogP contribution in [0.25, 0.3) is 44.2 Å². The third kappa shape index (κ3) is 3.25. The van der Waals surface area contributed by atoms with Gasteiger partial charge in [-0.2, -0.15) is 0 Å².